The third kappa shape index (κ3) is 3.57. The van der Waals surface area contributed by atoms with Crippen molar-refractivity contribution in [1.82, 2.24) is 0 Å². The van der Waals surface area contributed by atoms with Gasteiger partial charge in [-0.3, -0.25) is 4.79 Å². The van der Waals surface area contributed by atoms with E-state index in [0.717, 1.165) is 31.0 Å². The lowest BCUT2D eigenvalue weighted by molar-refractivity contribution is -0.0499. The standard InChI is InChI=1S/C17H12F4O4S/c18-13-5-3-12(4-6-13)16-14(11-1-2-11)7-10(9-22)8-15(16)25-26(23,24)17(19,20)21/h3-9,11H,1-2H2. The molecule has 1 saturated carbocycles. The van der Waals surface area contributed by atoms with Crippen LogP contribution in [0.3, 0.4) is 0 Å². The van der Waals surface area contributed by atoms with Crippen LogP contribution in [0.15, 0.2) is 36.4 Å². The van der Waals surface area contributed by atoms with Crippen LogP contribution in [0.4, 0.5) is 17.6 Å². The molecule has 0 N–H and O–H groups in total. The van der Waals surface area contributed by atoms with Crippen LogP contribution < -0.4 is 4.18 Å². The van der Waals surface area contributed by atoms with Crippen LogP contribution in [0.5, 0.6) is 5.75 Å². The Morgan fingerprint density at radius 2 is 1.69 bits per heavy atom. The Kier molecular flexibility index (Phi) is 4.51. The molecule has 0 amide bonds. The predicted molar refractivity (Wildman–Crippen MR) is 84.8 cm³/mol. The highest BCUT2D eigenvalue weighted by Gasteiger charge is 2.49. The number of aldehydes is 1. The Balaban J connectivity index is 2.22. The van der Waals surface area contributed by atoms with Crippen molar-refractivity contribution in [2.75, 3.05) is 0 Å². The molecule has 0 saturated heterocycles. The van der Waals surface area contributed by atoms with Crippen molar-refractivity contribution in [2.24, 2.45) is 0 Å². The van der Waals surface area contributed by atoms with E-state index in [1.807, 2.05) is 0 Å². The van der Waals surface area contributed by atoms with Gasteiger partial charge in [-0.15, -0.1) is 0 Å². The van der Waals surface area contributed by atoms with Crippen LogP contribution in [0.1, 0.15) is 34.7 Å². The fraction of sp³-hybridized carbons (Fsp3) is 0.235. The van der Waals surface area contributed by atoms with Gasteiger partial charge in [0, 0.05) is 11.1 Å². The summed E-state index contributed by atoms with van der Waals surface area (Å²) in [7, 11) is -5.93. The fourth-order valence-electron chi connectivity index (χ4n) is 2.60. The van der Waals surface area contributed by atoms with E-state index in [2.05, 4.69) is 4.18 Å². The first kappa shape index (κ1) is 18.4. The molecule has 1 aliphatic rings. The first-order valence-electron chi connectivity index (χ1n) is 7.52. The zero-order chi connectivity index (χ0) is 19.1. The van der Waals surface area contributed by atoms with E-state index in [1.54, 1.807) is 0 Å². The predicted octanol–water partition coefficient (Wildman–Crippen LogP) is 4.41. The summed E-state index contributed by atoms with van der Waals surface area (Å²) in [5.41, 5.74) is -4.74. The Hall–Kier alpha value is -2.42. The monoisotopic (exact) mass is 388 g/mol. The Labute approximate surface area is 146 Å². The van der Waals surface area contributed by atoms with E-state index in [0.29, 0.717) is 11.8 Å². The summed E-state index contributed by atoms with van der Waals surface area (Å²) in [6, 6.07) is 7.23. The Bertz CT molecular complexity index is 946. The second kappa shape index (κ2) is 6.39. The summed E-state index contributed by atoms with van der Waals surface area (Å²) in [5, 5.41) is 0. The largest absolute Gasteiger partial charge is 0.534 e. The first-order chi connectivity index (χ1) is 12.1. The molecule has 2 aromatic carbocycles. The van der Waals surface area contributed by atoms with Crippen molar-refractivity contribution in [1.29, 1.82) is 0 Å². The number of carbonyl (C=O) groups excluding carboxylic acids is 1. The molecule has 0 unspecified atom stereocenters. The molecule has 0 aromatic heterocycles. The van der Waals surface area contributed by atoms with Crippen molar-refractivity contribution >= 4 is 16.4 Å². The van der Waals surface area contributed by atoms with Gasteiger partial charge in [-0.05, 0) is 54.2 Å². The van der Waals surface area contributed by atoms with E-state index in [1.165, 1.54) is 18.2 Å². The smallest absolute Gasteiger partial charge is 0.375 e. The van der Waals surface area contributed by atoms with E-state index >= 15 is 0 Å². The second-order valence-corrected chi connectivity index (χ2v) is 7.40. The number of halogens is 4. The summed E-state index contributed by atoms with van der Waals surface area (Å²) in [6.07, 6.45) is 1.87. The lowest BCUT2D eigenvalue weighted by Crippen LogP contribution is -2.28. The van der Waals surface area contributed by atoms with Crippen molar-refractivity contribution in [3.63, 3.8) is 0 Å². The summed E-state index contributed by atoms with van der Waals surface area (Å²) < 4.78 is 78.6. The van der Waals surface area contributed by atoms with Gasteiger partial charge in [0.1, 0.15) is 12.1 Å². The molecule has 0 aliphatic heterocycles. The highest BCUT2D eigenvalue weighted by molar-refractivity contribution is 7.88. The van der Waals surface area contributed by atoms with Gasteiger partial charge in [0.2, 0.25) is 0 Å². The van der Waals surface area contributed by atoms with Gasteiger partial charge in [-0.2, -0.15) is 21.6 Å². The minimum absolute atomic E-state index is 0.00913. The van der Waals surface area contributed by atoms with Crippen molar-refractivity contribution in [2.45, 2.75) is 24.3 Å². The molecule has 26 heavy (non-hydrogen) atoms. The van der Waals surface area contributed by atoms with Crippen molar-refractivity contribution in [3.05, 3.63) is 53.3 Å². The van der Waals surface area contributed by atoms with E-state index in [9.17, 15) is 30.8 Å². The van der Waals surface area contributed by atoms with Gasteiger partial charge >= 0.3 is 15.6 Å². The summed E-state index contributed by atoms with van der Waals surface area (Å²) in [4.78, 5) is 11.1. The third-order valence-corrected chi connectivity index (χ3v) is 4.89. The maximum absolute atomic E-state index is 13.2. The van der Waals surface area contributed by atoms with Gasteiger partial charge in [0.05, 0.1) is 0 Å². The number of carbonyl (C=O) groups is 1. The average molecular weight is 388 g/mol. The highest BCUT2D eigenvalue weighted by atomic mass is 32.2. The van der Waals surface area contributed by atoms with Crippen LogP contribution in [0.2, 0.25) is 0 Å². The molecule has 0 radical (unpaired) electrons. The third-order valence-electron chi connectivity index (χ3n) is 3.92. The zero-order valence-electron chi connectivity index (χ0n) is 13.1. The normalized spacial score (nSPS) is 14.9. The summed E-state index contributed by atoms with van der Waals surface area (Å²) in [6.45, 7) is 0. The minimum atomic E-state index is -5.93. The molecule has 4 nitrogen and oxygen atoms in total. The van der Waals surface area contributed by atoms with Gasteiger partial charge < -0.3 is 4.18 Å². The quantitative estimate of drug-likeness (QED) is 0.329. The fourth-order valence-corrected chi connectivity index (χ4v) is 3.06. The molecule has 2 aromatic rings. The van der Waals surface area contributed by atoms with Gasteiger partial charge in [0.15, 0.2) is 5.75 Å². The molecule has 9 heteroatoms. The lowest BCUT2D eigenvalue weighted by atomic mass is 9.94. The average Bonchev–Trinajstić information content (AvgIpc) is 3.38. The Morgan fingerprint density at radius 3 is 2.19 bits per heavy atom. The second-order valence-electron chi connectivity index (χ2n) is 5.87. The molecule has 0 bridgehead atoms. The molecule has 0 heterocycles. The van der Waals surface area contributed by atoms with E-state index in [4.69, 9.17) is 0 Å². The number of hydrogen-bond acceptors (Lipinski definition) is 4. The number of benzene rings is 2. The lowest BCUT2D eigenvalue weighted by Gasteiger charge is -2.17. The molecule has 3 rings (SSSR count). The van der Waals surface area contributed by atoms with Crippen molar-refractivity contribution < 1.29 is 35.0 Å². The molecule has 1 fully saturated rings. The number of hydrogen-bond donors (Lipinski definition) is 0. The van der Waals surface area contributed by atoms with Gasteiger partial charge in [0.25, 0.3) is 0 Å². The Morgan fingerprint density at radius 1 is 1.08 bits per heavy atom. The molecule has 0 atom stereocenters. The SMILES string of the molecule is O=Cc1cc(OS(=O)(=O)C(F)(F)F)c(-c2ccc(F)cc2)c(C2CC2)c1. The van der Waals surface area contributed by atoms with E-state index in [-0.39, 0.29) is 22.6 Å². The van der Waals surface area contributed by atoms with Crippen LogP contribution >= 0.6 is 0 Å². The maximum Gasteiger partial charge on any atom is 0.534 e. The molecular weight excluding hydrogens is 376 g/mol. The summed E-state index contributed by atoms with van der Waals surface area (Å²) in [5.74, 6) is -1.21. The zero-order valence-corrected chi connectivity index (χ0v) is 13.9. The van der Waals surface area contributed by atoms with Gasteiger partial charge in [-0.25, -0.2) is 4.39 Å². The number of rotatable bonds is 5. The van der Waals surface area contributed by atoms with Crippen molar-refractivity contribution in [3.8, 4) is 16.9 Å². The number of alkyl halides is 3. The topological polar surface area (TPSA) is 60.4 Å². The molecule has 0 spiro atoms. The van der Waals surface area contributed by atoms with Crippen LogP contribution in [-0.4, -0.2) is 20.2 Å². The van der Waals surface area contributed by atoms with Crippen LogP contribution in [0.25, 0.3) is 11.1 Å². The summed E-state index contributed by atoms with van der Waals surface area (Å²) >= 11 is 0. The maximum atomic E-state index is 13.2. The van der Waals surface area contributed by atoms with Gasteiger partial charge in [-0.1, -0.05) is 12.1 Å². The molecular formula is C17H12F4O4S. The van der Waals surface area contributed by atoms with E-state index < -0.39 is 27.2 Å². The van der Waals surface area contributed by atoms with Crippen LogP contribution in [-0.2, 0) is 10.1 Å². The highest BCUT2D eigenvalue weighted by Crippen LogP contribution is 2.48. The minimum Gasteiger partial charge on any atom is -0.375 e. The van der Waals surface area contributed by atoms with Crippen LogP contribution in [0, 0.1) is 5.82 Å². The first-order valence-corrected chi connectivity index (χ1v) is 8.93. The molecule has 138 valence electrons. The molecule has 1 aliphatic carbocycles.